The van der Waals surface area contributed by atoms with Crippen LogP contribution in [0.1, 0.15) is 56.1 Å². The number of carbonyl (C=O) groups is 1. The van der Waals surface area contributed by atoms with Gasteiger partial charge in [-0.2, -0.15) is 0 Å². The summed E-state index contributed by atoms with van der Waals surface area (Å²) in [5.74, 6) is 2.07. The number of nitrogens with zero attached hydrogens (tertiary/aromatic N) is 1. The molecular weight excluding hydrogens is 254 g/mol. The van der Waals surface area contributed by atoms with Crippen molar-refractivity contribution in [1.29, 1.82) is 0 Å². The van der Waals surface area contributed by atoms with Crippen LogP contribution in [0.2, 0.25) is 0 Å². The van der Waals surface area contributed by atoms with Gasteiger partial charge in [-0.25, -0.2) is 0 Å². The first-order valence-corrected chi connectivity index (χ1v) is 7.57. The summed E-state index contributed by atoms with van der Waals surface area (Å²) >= 11 is 0. The third-order valence-electron chi connectivity index (χ3n) is 3.90. The van der Waals surface area contributed by atoms with Gasteiger partial charge in [-0.1, -0.05) is 12.8 Å². The van der Waals surface area contributed by atoms with Crippen LogP contribution in [0.5, 0.6) is 0 Å². The highest BCUT2D eigenvalue weighted by Gasteiger charge is 2.28. The number of rotatable bonds is 5. The van der Waals surface area contributed by atoms with E-state index >= 15 is 0 Å². The van der Waals surface area contributed by atoms with Gasteiger partial charge in [0.05, 0.1) is 6.04 Å². The van der Waals surface area contributed by atoms with Gasteiger partial charge in [-0.05, 0) is 38.3 Å². The number of hydrogen-bond acceptors (Lipinski definition) is 3. The molecule has 1 saturated heterocycles. The summed E-state index contributed by atoms with van der Waals surface area (Å²) < 4.78 is 10.8. The fourth-order valence-electron chi connectivity index (χ4n) is 2.85. The van der Waals surface area contributed by atoms with Gasteiger partial charge >= 0.3 is 0 Å². The Morgan fingerprint density at radius 2 is 2.25 bits per heavy atom. The second-order valence-electron chi connectivity index (χ2n) is 5.50. The largest absolute Gasteiger partial charge is 0.464 e. The molecule has 0 unspecified atom stereocenters. The van der Waals surface area contributed by atoms with Crippen LogP contribution in [0.15, 0.2) is 16.5 Å². The minimum absolute atomic E-state index is 0.112. The molecule has 1 amide bonds. The molecule has 0 spiro atoms. The van der Waals surface area contributed by atoms with Gasteiger partial charge in [0.15, 0.2) is 0 Å². The lowest BCUT2D eigenvalue weighted by atomic mass is 10.1. The lowest BCUT2D eigenvalue weighted by Gasteiger charge is -2.28. The Labute approximate surface area is 121 Å². The first kappa shape index (κ1) is 15.1. The summed E-state index contributed by atoms with van der Waals surface area (Å²) in [5, 5.41) is 0. The summed E-state index contributed by atoms with van der Waals surface area (Å²) in [6, 6.07) is 4.11. The maximum absolute atomic E-state index is 12.4. The third-order valence-corrected chi connectivity index (χ3v) is 3.90. The summed E-state index contributed by atoms with van der Waals surface area (Å²) in [6.07, 6.45) is 5.79. The van der Waals surface area contributed by atoms with E-state index in [0.717, 1.165) is 43.7 Å². The summed E-state index contributed by atoms with van der Waals surface area (Å²) in [4.78, 5) is 14.5. The van der Waals surface area contributed by atoms with Crippen molar-refractivity contribution in [3.05, 3.63) is 23.7 Å². The third kappa shape index (κ3) is 3.85. The SMILES string of the molecule is COCCCC(=O)N1CCCCC[C@@H]1c1ccc(C)o1. The number of carbonyl (C=O) groups excluding carboxylic acids is 1. The average Bonchev–Trinajstić information content (AvgIpc) is 2.73. The minimum atomic E-state index is 0.112. The number of amides is 1. The van der Waals surface area contributed by atoms with Crippen molar-refractivity contribution < 1.29 is 13.9 Å². The van der Waals surface area contributed by atoms with Crippen LogP contribution in [0.4, 0.5) is 0 Å². The standard InChI is InChI=1S/C16H25NO3/c1-13-9-10-15(20-13)14-7-4-3-5-11-17(14)16(18)8-6-12-19-2/h9-10,14H,3-8,11-12H2,1-2H3/t14-/m1/s1. The lowest BCUT2D eigenvalue weighted by Crippen LogP contribution is -2.34. The number of methoxy groups -OCH3 is 1. The van der Waals surface area contributed by atoms with E-state index in [4.69, 9.17) is 9.15 Å². The molecule has 112 valence electrons. The molecule has 1 fully saturated rings. The van der Waals surface area contributed by atoms with Crippen LogP contribution in [-0.2, 0) is 9.53 Å². The first-order chi connectivity index (χ1) is 9.72. The Kier molecular flexibility index (Phi) is 5.65. The Hall–Kier alpha value is -1.29. The van der Waals surface area contributed by atoms with Crippen molar-refractivity contribution in [1.82, 2.24) is 4.90 Å². The number of furan rings is 1. The van der Waals surface area contributed by atoms with Gasteiger partial charge in [0.1, 0.15) is 11.5 Å². The maximum atomic E-state index is 12.4. The molecule has 4 nitrogen and oxygen atoms in total. The van der Waals surface area contributed by atoms with Crippen LogP contribution < -0.4 is 0 Å². The van der Waals surface area contributed by atoms with Crippen molar-refractivity contribution >= 4 is 5.91 Å². The molecule has 20 heavy (non-hydrogen) atoms. The van der Waals surface area contributed by atoms with Gasteiger partial charge in [-0.3, -0.25) is 4.79 Å². The van der Waals surface area contributed by atoms with Crippen LogP contribution in [0, 0.1) is 6.92 Å². The predicted octanol–water partition coefficient (Wildman–Crippen LogP) is 3.46. The van der Waals surface area contributed by atoms with Gasteiger partial charge < -0.3 is 14.1 Å². The van der Waals surface area contributed by atoms with E-state index in [0.29, 0.717) is 13.0 Å². The number of ether oxygens (including phenoxy) is 1. The van der Waals surface area contributed by atoms with E-state index < -0.39 is 0 Å². The zero-order valence-corrected chi connectivity index (χ0v) is 12.6. The topological polar surface area (TPSA) is 42.7 Å². The predicted molar refractivity (Wildman–Crippen MR) is 77.5 cm³/mol. The molecule has 2 rings (SSSR count). The average molecular weight is 279 g/mol. The molecule has 1 aromatic rings. The fraction of sp³-hybridized carbons (Fsp3) is 0.688. The zero-order chi connectivity index (χ0) is 14.4. The first-order valence-electron chi connectivity index (χ1n) is 7.57. The molecule has 1 aromatic heterocycles. The smallest absolute Gasteiger partial charge is 0.223 e. The quantitative estimate of drug-likeness (QED) is 0.775. The lowest BCUT2D eigenvalue weighted by molar-refractivity contribution is -0.134. The van der Waals surface area contributed by atoms with Gasteiger partial charge in [0.25, 0.3) is 0 Å². The second-order valence-corrected chi connectivity index (χ2v) is 5.50. The van der Waals surface area contributed by atoms with E-state index in [1.807, 2.05) is 24.0 Å². The van der Waals surface area contributed by atoms with E-state index in [9.17, 15) is 4.79 Å². The number of likely N-dealkylation sites (tertiary alicyclic amines) is 1. The van der Waals surface area contributed by atoms with E-state index in [1.165, 1.54) is 6.42 Å². The van der Waals surface area contributed by atoms with Crippen LogP contribution in [0.3, 0.4) is 0 Å². The normalized spacial score (nSPS) is 19.9. The molecule has 0 N–H and O–H groups in total. The molecule has 0 aliphatic carbocycles. The highest BCUT2D eigenvalue weighted by Crippen LogP contribution is 2.31. The highest BCUT2D eigenvalue weighted by atomic mass is 16.5. The molecular formula is C16H25NO3. The Balaban J connectivity index is 2.06. The number of hydrogen-bond donors (Lipinski definition) is 0. The Morgan fingerprint density at radius 1 is 1.40 bits per heavy atom. The van der Waals surface area contributed by atoms with Gasteiger partial charge in [0.2, 0.25) is 5.91 Å². The van der Waals surface area contributed by atoms with E-state index in [2.05, 4.69) is 0 Å². The molecule has 2 heterocycles. The van der Waals surface area contributed by atoms with Gasteiger partial charge in [-0.15, -0.1) is 0 Å². The zero-order valence-electron chi connectivity index (χ0n) is 12.6. The van der Waals surface area contributed by atoms with Crippen LogP contribution in [-0.4, -0.2) is 31.1 Å². The molecule has 0 aromatic carbocycles. The van der Waals surface area contributed by atoms with Gasteiger partial charge in [0, 0.05) is 26.7 Å². The summed E-state index contributed by atoms with van der Waals surface area (Å²) in [7, 11) is 1.67. The monoisotopic (exact) mass is 279 g/mol. The molecule has 4 heteroatoms. The Bertz CT molecular complexity index is 427. The second kappa shape index (κ2) is 7.48. The molecule has 0 radical (unpaired) electrons. The van der Waals surface area contributed by atoms with Crippen molar-refractivity contribution in [2.24, 2.45) is 0 Å². The summed E-state index contributed by atoms with van der Waals surface area (Å²) in [6.45, 7) is 3.44. The molecule has 0 saturated carbocycles. The molecule has 1 aliphatic rings. The molecule has 1 atom stereocenters. The van der Waals surface area contributed by atoms with Crippen molar-refractivity contribution in [3.8, 4) is 0 Å². The summed E-state index contributed by atoms with van der Waals surface area (Å²) in [5.41, 5.74) is 0. The molecule has 1 aliphatic heterocycles. The van der Waals surface area contributed by atoms with Crippen molar-refractivity contribution in [2.75, 3.05) is 20.3 Å². The Morgan fingerprint density at radius 3 is 2.95 bits per heavy atom. The number of aryl methyl sites for hydroxylation is 1. The van der Waals surface area contributed by atoms with Crippen LogP contribution >= 0.6 is 0 Å². The van der Waals surface area contributed by atoms with Crippen LogP contribution in [0.25, 0.3) is 0 Å². The highest BCUT2D eigenvalue weighted by molar-refractivity contribution is 5.76. The molecule has 0 bridgehead atoms. The van der Waals surface area contributed by atoms with Crippen molar-refractivity contribution in [2.45, 2.75) is 51.5 Å². The minimum Gasteiger partial charge on any atom is -0.464 e. The maximum Gasteiger partial charge on any atom is 0.223 e. The van der Waals surface area contributed by atoms with Crippen molar-refractivity contribution in [3.63, 3.8) is 0 Å². The van der Waals surface area contributed by atoms with E-state index in [-0.39, 0.29) is 11.9 Å². The van der Waals surface area contributed by atoms with E-state index in [1.54, 1.807) is 7.11 Å². The fourth-order valence-corrected chi connectivity index (χ4v) is 2.85.